The van der Waals surface area contributed by atoms with E-state index in [4.69, 9.17) is 0 Å². The molecule has 0 atom stereocenters. The number of aromatic hydroxyl groups is 1. The standard InChI is InChI=1S/C17H22N2O2/c1-6-12-9-8-10(3)13(7-2)14(12)15-16(20)11(4)18-19(5)17(15)21/h8-9,20H,6-7H2,1-5H3. The number of nitrogens with zero attached hydrogens (tertiary/aromatic N) is 2. The van der Waals surface area contributed by atoms with Crippen molar-refractivity contribution in [3.63, 3.8) is 0 Å². The lowest BCUT2D eigenvalue weighted by molar-refractivity contribution is 0.460. The average molecular weight is 286 g/mol. The molecule has 1 heterocycles. The molecule has 4 nitrogen and oxygen atoms in total. The Hall–Kier alpha value is -2.10. The highest BCUT2D eigenvalue weighted by Crippen LogP contribution is 2.35. The summed E-state index contributed by atoms with van der Waals surface area (Å²) in [7, 11) is 1.62. The molecule has 1 aromatic carbocycles. The van der Waals surface area contributed by atoms with Gasteiger partial charge in [0.1, 0.15) is 5.69 Å². The molecule has 0 saturated carbocycles. The molecular weight excluding hydrogens is 264 g/mol. The summed E-state index contributed by atoms with van der Waals surface area (Å²) in [6.45, 7) is 7.88. The smallest absolute Gasteiger partial charge is 0.278 e. The molecule has 4 heteroatoms. The summed E-state index contributed by atoms with van der Waals surface area (Å²) in [4.78, 5) is 12.5. The van der Waals surface area contributed by atoms with Crippen LogP contribution in [0.3, 0.4) is 0 Å². The van der Waals surface area contributed by atoms with Gasteiger partial charge < -0.3 is 5.11 Å². The minimum atomic E-state index is -0.256. The summed E-state index contributed by atoms with van der Waals surface area (Å²) in [6, 6.07) is 4.12. The van der Waals surface area contributed by atoms with Gasteiger partial charge in [0.15, 0.2) is 5.75 Å². The van der Waals surface area contributed by atoms with Crippen molar-refractivity contribution in [3.8, 4) is 16.9 Å². The topological polar surface area (TPSA) is 55.1 Å². The highest BCUT2D eigenvalue weighted by Gasteiger charge is 2.20. The molecule has 1 aromatic heterocycles. The molecule has 0 radical (unpaired) electrons. The van der Waals surface area contributed by atoms with Crippen molar-refractivity contribution < 1.29 is 5.11 Å². The van der Waals surface area contributed by atoms with Gasteiger partial charge in [-0.25, -0.2) is 4.68 Å². The molecule has 21 heavy (non-hydrogen) atoms. The van der Waals surface area contributed by atoms with Crippen LogP contribution in [0.5, 0.6) is 5.75 Å². The van der Waals surface area contributed by atoms with Crippen LogP contribution in [0, 0.1) is 13.8 Å². The Morgan fingerprint density at radius 1 is 1.14 bits per heavy atom. The Morgan fingerprint density at radius 2 is 1.81 bits per heavy atom. The summed E-state index contributed by atoms with van der Waals surface area (Å²) in [5, 5.41) is 14.5. The second kappa shape index (κ2) is 5.72. The first kappa shape index (κ1) is 15.3. The largest absolute Gasteiger partial charge is 0.505 e. The predicted molar refractivity (Wildman–Crippen MR) is 84.8 cm³/mol. The number of hydrogen-bond acceptors (Lipinski definition) is 3. The summed E-state index contributed by atoms with van der Waals surface area (Å²) in [5.41, 5.74) is 4.81. The van der Waals surface area contributed by atoms with Crippen LogP contribution < -0.4 is 5.56 Å². The molecule has 2 aromatic rings. The zero-order chi connectivity index (χ0) is 15.7. The lowest BCUT2D eigenvalue weighted by atomic mass is 9.89. The minimum absolute atomic E-state index is 0.00639. The Morgan fingerprint density at radius 3 is 2.38 bits per heavy atom. The molecule has 0 aliphatic heterocycles. The number of aryl methyl sites for hydroxylation is 4. The lowest BCUT2D eigenvalue weighted by Crippen LogP contribution is -2.23. The maximum Gasteiger partial charge on any atom is 0.278 e. The molecular formula is C17H22N2O2. The van der Waals surface area contributed by atoms with E-state index in [1.54, 1.807) is 14.0 Å². The summed E-state index contributed by atoms with van der Waals surface area (Å²) in [5.74, 6) is -0.00639. The van der Waals surface area contributed by atoms with Crippen LogP contribution in [0.4, 0.5) is 0 Å². The van der Waals surface area contributed by atoms with E-state index >= 15 is 0 Å². The van der Waals surface area contributed by atoms with E-state index in [9.17, 15) is 9.90 Å². The average Bonchev–Trinajstić information content (AvgIpc) is 2.46. The fourth-order valence-corrected chi connectivity index (χ4v) is 2.85. The number of rotatable bonds is 3. The molecule has 0 fully saturated rings. The molecule has 0 aliphatic carbocycles. The van der Waals surface area contributed by atoms with Crippen molar-refractivity contribution in [2.75, 3.05) is 0 Å². The molecule has 0 bridgehead atoms. The van der Waals surface area contributed by atoms with Crippen molar-refractivity contribution >= 4 is 0 Å². The van der Waals surface area contributed by atoms with Crippen molar-refractivity contribution in [1.29, 1.82) is 0 Å². The van der Waals surface area contributed by atoms with E-state index in [1.807, 2.05) is 13.0 Å². The van der Waals surface area contributed by atoms with Crippen LogP contribution >= 0.6 is 0 Å². The van der Waals surface area contributed by atoms with E-state index in [0.29, 0.717) is 11.3 Å². The molecule has 0 saturated heterocycles. The summed E-state index contributed by atoms with van der Waals surface area (Å²) >= 11 is 0. The minimum Gasteiger partial charge on any atom is -0.505 e. The third kappa shape index (κ3) is 2.46. The van der Waals surface area contributed by atoms with E-state index in [2.05, 4.69) is 25.0 Å². The third-order valence-electron chi connectivity index (χ3n) is 4.01. The van der Waals surface area contributed by atoms with Gasteiger partial charge in [-0.1, -0.05) is 26.0 Å². The maximum atomic E-state index is 12.5. The molecule has 0 amide bonds. The van der Waals surface area contributed by atoms with E-state index in [-0.39, 0.29) is 11.3 Å². The normalized spacial score (nSPS) is 10.9. The first-order chi connectivity index (χ1) is 9.92. The van der Waals surface area contributed by atoms with E-state index in [0.717, 1.165) is 35.1 Å². The quantitative estimate of drug-likeness (QED) is 0.944. The van der Waals surface area contributed by atoms with Crippen LogP contribution in [0.1, 0.15) is 36.2 Å². The fraction of sp³-hybridized carbons (Fsp3) is 0.412. The SMILES string of the molecule is CCc1ccc(C)c(CC)c1-c1c(O)c(C)nn(C)c1=O. The van der Waals surface area contributed by atoms with Crippen molar-refractivity contribution in [3.05, 3.63) is 44.9 Å². The Labute approximate surface area is 125 Å². The molecule has 0 unspecified atom stereocenters. The van der Waals surface area contributed by atoms with Gasteiger partial charge in [0.05, 0.1) is 5.56 Å². The second-order valence-electron chi connectivity index (χ2n) is 5.34. The van der Waals surface area contributed by atoms with Crippen molar-refractivity contribution in [2.45, 2.75) is 40.5 Å². The Kier molecular flexibility index (Phi) is 4.16. The summed E-state index contributed by atoms with van der Waals surface area (Å²) in [6.07, 6.45) is 1.63. The number of aromatic nitrogens is 2. The molecule has 2 rings (SSSR count). The molecule has 1 N–H and O–H groups in total. The van der Waals surface area contributed by atoms with Gasteiger partial charge in [-0.05, 0) is 48.9 Å². The zero-order valence-corrected chi connectivity index (χ0v) is 13.3. The fourth-order valence-electron chi connectivity index (χ4n) is 2.85. The van der Waals surface area contributed by atoms with Gasteiger partial charge in [0, 0.05) is 7.05 Å². The van der Waals surface area contributed by atoms with Gasteiger partial charge in [0.2, 0.25) is 0 Å². The second-order valence-corrected chi connectivity index (χ2v) is 5.34. The monoisotopic (exact) mass is 286 g/mol. The van der Waals surface area contributed by atoms with Gasteiger partial charge in [-0.15, -0.1) is 0 Å². The van der Waals surface area contributed by atoms with Crippen LogP contribution in [-0.4, -0.2) is 14.9 Å². The number of hydrogen-bond donors (Lipinski definition) is 1. The van der Waals surface area contributed by atoms with E-state index < -0.39 is 0 Å². The van der Waals surface area contributed by atoms with Gasteiger partial charge in [-0.3, -0.25) is 4.79 Å². The van der Waals surface area contributed by atoms with Crippen molar-refractivity contribution in [2.24, 2.45) is 7.05 Å². The number of benzene rings is 1. The first-order valence-electron chi connectivity index (χ1n) is 7.30. The Balaban J connectivity index is 2.97. The molecule has 0 spiro atoms. The van der Waals surface area contributed by atoms with Gasteiger partial charge >= 0.3 is 0 Å². The van der Waals surface area contributed by atoms with Crippen LogP contribution in [-0.2, 0) is 19.9 Å². The predicted octanol–water partition coefficient (Wildman–Crippen LogP) is 2.89. The van der Waals surface area contributed by atoms with Crippen LogP contribution in [0.15, 0.2) is 16.9 Å². The van der Waals surface area contributed by atoms with Crippen LogP contribution in [0.2, 0.25) is 0 Å². The lowest BCUT2D eigenvalue weighted by Gasteiger charge is -2.17. The molecule has 112 valence electrons. The first-order valence-corrected chi connectivity index (χ1v) is 7.30. The van der Waals surface area contributed by atoms with Crippen LogP contribution in [0.25, 0.3) is 11.1 Å². The maximum absolute atomic E-state index is 12.5. The third-order valence-corrected chi connectivity index (χ3v) is 4.01. The zero-order valence-electron chi connectivity index (χ0n) is 13.3. The van der Waals surface area contributed by atoms with Crippen molar-refractivity contribution in [1.82, 2.24) is 9.78 Å². The summed E-state index contributed by atoms with van der Waals surface area (Å²) < 4.78 is 1.30. The Bertz CT molecular complexity index is 745. The highest BCUT2D eigenvalue weighted by atomic mass is 16.3. The van der Waals surface area contributed by atoms with Gasteiger partial charge in [0.25, 0.3) is 5.56 Å². The molecule has 0 aliphatic rings. The van der Waals surface area contributed by atoms with E-state index in [1.165, 1.54) is 4.68 Å². The van der Waals surface area contributed by atoms with Gasteiger partial charge in [-0.2, -0.15) is 5.10 Å². The highest BCUT2D eigenvalue weighted by molar-refractivity contribution is 5.77.